The molecule has 0 aliphatic carbocycles. The van der Waals surface area contributed by atoms with E-state index in [1.165, 1.54) is 23.1 Å². The van der Waals surface area contributed by atoms with E-state index in [-0.39, 0.29) is 28.3 Å². The Morgan fingerprint density at radius 3 is 2.39 bits per heavy atom. The van der Waals surface area contributed by atoms with Crippen molar-refractivity contribution >= 4 is 38.9 Å². The molecule has 0 aromatic heterocycles. The third kappa shape index (κ3) is 6.19. The van der Waals surface area contributed by atoms with E-state index in [0.29, 0.717) is 5.56 Å². The molecule has 0 aliphatic rings. The maximum Gasteiger partial charge on any atom is 0.253 e. The first kappa shape index (κ1) is 19.4. The summed E-state index contributed by atoms with van der Waals surface area (Å²) < 4.78 is 23.7. The van der Waals surface area contributed by atoms with Gasteiger partial charge in [-0.3, -0.25) is 9.59 Å². The standard InChI is InChI=1S/C15H21ClN2O4S/c1-10(2)8-23(21,22)9-14(19)17-13-7-11(5-6-12(13)16)15(20)18(3)4/h5-7,10H,8-9H2,1-4H3,(H,17,19). The van der Waals surface area contributed by atoms with E-state index in [1.807, 2.05) is 0 Å². The third-order valence-corrected chi connectivity index (χ3v) is 5.04. The molecular formula is C15H21ClN2O4S. The first-order valence-corrected chi connectivity index (χ1v) is 9.23. The zero-order chi connectivity index (χ0) is 17.8. The molecule has 128 valence electrons. The van der Waals surface area contributed by atoms with Crippen LogP contribution in [0.25, 0.3) is 0 Å². The topological polar surface area (TPSA) is 83.5 Å². The lowest BCUT2D eigenvalue weighted by atomic mass is 10.2. The van der Waals surface area contributed by atoms with Gasteiger partial charge in [0.2, 0.25) is 5.91 Å². The fraction of sp³-hybridized carbons (Fsp3) is 0.467. The maximum absolute atomic E-state index is 11.9. The number of anilines is 1. The minimum absolute atomic E-state index is 0.0579. The second kappa shape index (κ2) is 7.79. The number of amides is 2. The highest BCUT2D eigenvalue weighted by molar-refractivity contribution is 7.92. The fourth-order valence-electron chi connectivity index (χ4n) is 1.97. The fourth-order valence-corrected chi connectivity index (χ4v) is 3.74. The third-order valence-electron chi connectivity index (χ3n) is 2.83. The van der Waals surface area contributed by atoms with E-state index in [0.717, 1.165) is 0 Å². The highest BCUT2D eigenvalue weighted by atomic mass is 35.5. The number of sulfone groups is 1. The predicted octanol–water partition coefficient (Wildman–Crippen LogP) is 2.05. The molecule has 1 aromatic carbocycles. The summed E-state index contributed by atoms with van der Waals surface area (Å²) in [5.41, 5.74) is 0.559. The van der Waals surface area contributed by atoms with Crippen LogP contribution < -0.4 is 5.32 Å². The van der Waals surface area contributed by atoms with E-state index < -0.39 is 21.5 Å². The minimum atomic E-state index is -3.48. The quantitative estimate of drug-likeness (QED) is 0.841. The highest BCUT2D eigenvalue weighted by Gasteiger charge is 2.19. The second-order valence-electron chi connectivity index (χ2n) is 5.89. The zero-order valence-corrected chi connectivity index (χ0v) is 15.2. The van der Waals surface area contributed by atoms with Gasteiger partial charge in [-0.15, -0.1) is 0 Å². The molecule has 1 rings (SSSR count). The Bertz CT molecular complexity index is 699. The van der Waals surface area contributed by atoms with E-state index >= 15 is 0 Å². The van der Waals surface area contributed by atoms with Crippen LogP contribution in [0.1, 0.15) is 24.2 Å². The molecule has 1 aromatic rings. The summed E-state index contributed by atoms with van der Waals surface area (Å²) in [6.45, 7) is 3.53. The summed E-state index contributed by atoms with van der Waals surface area (Å²) in [4.78, 5) is 25.2. The first-order valence-electron chi connectivity index (χ1n) is 7.03. The Labute approximate surface area is 141 Å². The Morgan fingerprint density at radius 2 is 1.87 bits per heavy atom. The van der Waals surface area contributed by atoms with Crippen LogP contribution in [0, 0.1) is 5.92 Å². The summed E-state index contributed by atoms with van der Waals surface area (Å²) in [6, 6.07) is 4.45. The van der Waals surface area contributed by atoms with E-state index in [2.05, 4.69) is 5.32 Å². The average molecular weight is 361 g/mol. The van der Waals surface area contributed by atoms with Crippen molar-refractivity contribution in [1.29, 1.82) is 0 Å². The van der Waals surface area contributed by atoms with Gasteiger partial charge in [0, 0.05) is 19.7 Å². The monoisotopic (exact) mass is 360 g/mol. The molecular weight excluding hydrogens is 340 g/mol. The van der Waals surface area contributed by atoms with Gasteiger partial charge in [-0.25, -0.2) is 8.42 Å². The molecule has 0 aliphatic heterocycles. The van der Waals surface area contributed by atoms with Gasteiger partial charge >= 0.3 is 0 Å². The van der Waals surface area contributed by atoms with Crippen LogP contribution >= 0.6 is 11.6 Å². The van der Waals surface area contributed by atoms with Crippen molar-refractivity contribution in [3.8, 4) is 0 Å². The largest absolute Gasteiger partial charge is 0.345 e. The average Bonchev–Trinajstić information content (AvgIpc) is 2.37. The van der Waals surface area contributed by atoms with E-state index in [9.17, 15) is 18.0 Å². The molecule has 2 amide bonds. The van der Waals surface area contributed by atoms with Crippen LogP contribution in [0.15, 0.2) is 18.2 Å². The molecule has 0 bridgehead atoms. The molecule has 1 N–H and O–H groups in total. The van der Waals surface area contributed by atoms with Gasteiger partial charge in [0.25, 0.3) is 5.91 Å². The van der Waals surface area contributed by atoms with Crippen LogP contribution in [-0.2, 0) is 14.6 Å². The van der Waals surface area contributed by atoms with E-state index in [4.69, 9.17) is 11.6 Å². The Kier molecular flexibility index (Phi) is 6.58. The lowest BCUT2D eigenvalue weighted by Crippen LogP contribution is -2.26. The summed E-state index contributed by atoms with van der Waals surface area (Å²) in [6.07, 6.45) is 0. The second-order valence-corrected chi connectivity index (χ2v) is 8.41. The number of nitrogens with zero attached hydrogens (tertiary/aromatic N) is 1. The molecule has 8 heteroatoms. The smallest absolute Gasteiger partial charge is 0.253 e. The molecule has 0 saturated heterocycles. The van der Waals surface area contributed by atoms with Gasteiger partial charge in [0.05, 0.1) is 16.5 Å². The molecule has 0 unspecified atom stereocenters. The van der Waals surface area contributed by atoms with Gasteiger partial charge in [0.1, 0.15) is 5.75 Å². The van der Waals surface area contributed by atoms with Crippen molar-refractivity contribution in [2.45, 2.75) is 13.8 Å². The first-order chi connectivity index (χ1) is 10.5. The lowest BCUT2D eigenvalue weighted by Gasteiger charge is -2.13. The van der Waals surface area contributed by atoms with Gasteiger partial charge in [0.15, 0.2) is 9.84 Å². The number of halogens is 1. The lowest BCUT2D eigenvalue weighted by molar-refractivity contribution is -0.113. The summed E-state index contributed by atoms with van der Waals surface area (Å²) in [7, 11) is -0.274. The number of carbonyl (C=O) groups excluding carboxylic acids is 2. The normalized spacial score (nSPS) is 11.4. The van der Waals surface area contributed by atoms with Crippen molar-refractivity contribution < 1.29 is 18.0 Å². The molecule has 0 radical (unpaired) electrons. The molecule has 0 saturated carbocycles. The van der Waals surface area contributed by atoms with Crippen LogP contribution in [0.5, 0.6) is 0 Å². The van der Waals surface area contributed by atoms with Crippen molar-refractivity contribution in [1.82, 2.24) is 4.90 Å². The Hall–Kier alpha value is -1.60. The number of hydrogen-bond acceptors (Lipinski definition) is 4. The number of benzene rings is 1. The molecule has 0 atom stereocenters. The minimum Gasteiger partial charge on any atom is -0.345 e. The van der Waals surface area contributed by atoms with Gasteiger partial charge in [-0.1, -0.05) is 25.4 Å². The van der Waals surface area contributed by atoms with Crippen LogP contribution in [-0.4, -0.2) is 50.7 Å². The van der Waals surface area contributed by atoms with Crippen LogP contribution in [0.2, 0.25) is 5.02 Å². The Balaban J connectivity index is 2.90. The summed E-state index contributed by atoms with van der Waals surface area (Å²) in [5, 5.41) is 2.68. The molecule has 23 heavy (non-hydrogen) atoms. The van der Waals surface area contributed by atoms with Crippen LogP contribution in [0.4, 0.5) is 5.69 Å². The van der Waals surface area contributed by atoms with Gasteiger partial charge in [-0.05, 0) is 24.1 Å². The molecule has 0 heterocycles. The number of nitrogens with one attached hydrogen (secondary N) is 1. The van der Waals surface area contributed by atoms with Crippen molar-refractivity contribution in [2.24, 2.45) is 5.92 Å². The number of hydrogen-bond donors (Lipinski definition) is 1. The summed E-state index contributed by atoms with van der Waals surface area (Å²) >= 11 is 5.99. The van der Waals surface area contributed by atoms with Crippen LogP contribution in [0.3, 0.4) is 0 Å². The zero-order valence-electron chi connectivity index (χ0n) is 13.6. The van der Waals surface area contributed by atoms with Crippen molar-refractivity contribution in [3.63, 3.8) is 0 Å². The van der Waals surface area contributed by atoms with Crippen molar-refractivity contribution in [3.05, 3.63) is 28.8 Å². The van der Waals surface area contributed by atoms with E-state index in [1.54, 1.807) is 27.9 Å². The number of rotatable bonds is 6. The molecule has 0 spiro atoms. The van der Waals surface area contributed by atoms with Gasteiger partial charge < -0.3 is 10.2 Å². The van der Waals surface area contributed by atoms with Crippen molar-refractivity contribution in [2.75, 3.05) is 30.9 Å². The van der Waals surface area contributed by atoms with Gasteiger partial charge in [-0.2, -0.15) is 0 Å². The highest BCUT2D eigenvalue weighted by Crippen LogP contribution is 2.23. The molecule has 6 nitrogen and oxygen atoms in total. The molecule has 0 fully saturated rings. The number of carbonyl (C=O) groups is 2. The summed E-state index contributed by atoms with van der Waals surface area (Å²) in [5.74, 6) is -1.66. The Morgan fingerprint density at radius 1 is 1.26 bits per heavy atom. The SMILES string of the molecule is CC(C)CS(=O)(=O)CC(=O)Nc1cc(C(=O)N(C)C)ccc1Cl. The maximum atomic E-state index is 11.9. The predicted molar refractivity (Wildman–Crippen MR) is 91.6 cm³/mol.